The molecule has 0 bridgehead atoms. The van der Waals surface area contributed by atoms with E-state index in [1.54, 1.807) is 12.3 Å². The largest absolute Gasteiger partial charge is 0.609 e. The molecule has 0 N–H and O–H groups in total. The van der Waals surface area contributed by atoms with Gasteiger partial charge < -0.3 is 9.29 Å². The van der Waals surface area contributed by atoms with Crippen molar-refractivity contribution in [1.29, 1.82) is 0 Å². The van der Waals surface area contributed by atoms with E-state index in [9.17, 15) is 9.35 Å². The summed E-state index contributed by atoms with van der Waals surface area (Å²) in [7, 11) is 1.26. The molecule has 1 unspecified atom stereocenters. The monoisotopic (exact) mass is 256 g/mol. The number of esters is 1. The van der Waals surface area contributed by atoms with Gasteiger partial charge in [-0.05, 0) is 12.1 Å². The van der Waals surface area contributed by atoms with Crippen LogP contribution in [-0.2, 0) is 20.7 Å². The van der Waals surface area contributed by atoms with E-state index in [2.05, 4.69) is 14.7 Å². The summed E-state index contributed by atoms with van der Waals surface area (Å²) < 4.78 is 17.4. The minimum atomic E-state index is -1.45. The van der Waals surface area contributed by atoms with Gasteiger partial charge in [0.25, 0.3) is 0 Å². The molecular weight excluding hydrogens is 248 g/mol. The molecule has 5 nitrogen and oxygen atoms in total. The Bertz CT molecular complexity index is 481. The molecule has 0 spiro atoms. The zero-order valence-electron chi connectivity index (χ0n) is 8.37. The fraction of sp³-hybridized carbons (Fsp3) is 0.222. The lowest BCUT2D eigenvalue weighted by molar-refractivity contribution is -0.137. The lowest BCUT2D eigenvalue weighted by Gasteiger charge is -2.03. The highest BCUT2D eigenvalue weighted by Gasteiger charge is 2.21. The third-order valence-corrected chi connectivity index (χ3v) is 4.41. The van der Waals surface area contributed by atoms with Gasteiger partial charge >= 0.3 is 10.3 Å². The molecule has 0 saturated heterocycles. The summed E-state index contributed by atoms with van der Waals surface area (Å²) in [5, 5.41) is 0. The molecule has 7 heteroatoms. The van der Waals surface area contributed by atoms with E-state index >= 15 is 0 Å². The number of hydrogen-bond donors (Lipinski definition) is 0. The highest BCUT2D eigenvalue weighted by molar-refractivity contribution is 7.94. The molecule has 0 fully saturated rings. The van der Waals surface area contributed by atoms with Crippen LogP contribution < -0.4 is 0 Å². The fourth-order valence-electron chi connectivity index (χ4n) is 1.07. The molecule has 2 aromatic rings. The molecule has 0 aromatic carbocycles. The van der Waals surface area contributed by atoms with E-state index < -0.39 is 17.1 Å². The summed E-state index contributed by atoms with van der Waals surface area (Å²) in [6, 6.07) is 3.63. The minimum Gasteiger partial charge on any atom is -0.609 e. The lowest BCUT2D eigenvalue weighted by atomic mass is 10.5. The third kappa shape index (κ3) is 2.31. The van der Waals surface area contributed by atoms with E-state index in [1.807, 2.05) is 6.07 Å². The Balaban J connectivity index is 2.23. The Morgan fingerprint density at radius 3 is 3.19 bits per heavy atom. The Morgan fingerprint density at radius 1 is 1.69 bits per heavy atom. The van der Waals surface area contributed by atoms with E-state index in [1.165, 1.54) is 18.4 Å². The minimum absolute atomic E-state index is 0.170. The van der Waals surface area contributed by atoms with Gasteiger partial charge in [0, 0.05) is 17.4 Å². The smallest absolute Gasteiger partial charge is 0.356 e. The predicted octanol–water partition coefficient (Wildman–Crippen LogP) is 0.972. The molecule has 2 heterocycles. The van der Waals surface area contributed by atoms with Crippen LogP contribution >= 0.6 is 11.3 Å². The molecule has 0 aliphatic rings. The first-order valence-corrected chi connectivity index (χ1v) is 6.51. The van der Waals surface area contributed by atoms with Gasteiger partial charge in [0.15, 0.2) is 5.65 Å². The SMILES string of the molecule is COC(=O)C[S+]([O-])c1nc2ncccc2s1. The van der Waals surface area contributed by atoms with Crippen molar-refractivity contribution in [2.75, 3.05) is 12.9 Å². The van der Waals surface area contributed by atoms with Gasteiger partial charge in [-0.3, -0.25) is 0 Å². The molecule has 0 aliphatic heterocycles. The average Bonchev–Trinajstić information content (AvgIpc) is 2.72. The van der Waals surface area contributed by atoms with Crippen LogP contribution in [0.1, 0.15) is 0 Å². The van der Waals surface area contributed by atoms with Crippen LogP contribution in [0.3, 0.4) is 0 Å². The summed E-state index contributed by atoms with van der Waals surface area (Å²) >= 11 is -0.177. The maximum atomic E-state index is 11.7. The molecule has 0 amide bonds. The third-order valence-electron chi connectivity index (χ3n) is 1.82. The van der Waals surface area contributed by atoms with Gasteiger partial charge in [-0.2, -0.15) is 4.98 Å². The summed E-state index contributed by atoms with van der Waals surface area (Å²) in [5.74, 6) is -0.679. The van der Waals surface area contributed by atoms with Crippen LogP contribution in [0.5, 0.6) is 0 Å². The second kappa shape index (κ2) is 4.77. The van der Waals surface area contributed by atoms with E-state index in [0.717, 1.165) is 4.70 Å². The van der Waals surface area contributed by atoms with E-state index in [4.69, 9.17) is 0 Å². The number of pyridine rings is 1. The van der Waals surface area contributed by atoms with Gasteiger partial charge in [-0.15, -0.1) is 0 Å². The van der Waals surface area contributed by atoms with Gasteiger partial charge in [0.05, 0.1) is 11.8 Å². The van der Waals surface area contributed by atoms with Crippen molar-refractivity contribution in [3.05, 3.63) is 18.3 Å². The number of carbonyl (C=O) groups is 1. The topological polar surface area (TPSA) is 75.1 Å². The van der Waals surface area contributed by atoms with Crippen molar-refractivity contribution in [2.24, 2.45) is 0 Å². The van der Waals surface area contributed by atoms with Gasteiger partial charge in [0.2, 0.25) is 5.75 Å². The molecule has 0 radical (unpaired) electrons. The Hall–Kier alpha value is -1.18. The number of thiazole rings is 1. The molecule has 16 heavy (non-hydrogen) atoms. The van der Waals surface area contributed by atoms with Crippen LogP contribution in [0.15, 0.2) is 22.7 Å². The van der Waals surface area contributed by atoms with Crippen molar-refractivity contribution < 1.29 is 14.1 Å². The van der Waals surface area contributed by atoms with E-state index in [0.29, 0.717) is 9.99 Å². The van der Waals surface area contributed by atoms with Crippen molar-refractivity contribution in [3.63, 3.8) is 0 Å². The maximum Gasteiger partial charge on any atom is 0.356 e. The number of ether oxygens (including phenoxy) is 1. The molecule has 1 atom stereocenters. The first-order valence-electron chi connectivity index (χ1n) is 4.37. The Kier molecular flexibility index (Phi) is 3.37. The number of fused-ring (bicyclic) bond motifs is 1. The first kappa shape index (κ1) is 11.3. The van der Waals surface area contributed by atoms with Gasteiger partial charge in [-0.25, -0.2) is 9.78 Å². The lowest BCUT2D eigenvalue weighted by Crippen LogP contribution is -2.17. The zero-order valence-corrected chi connectivity index (χ0v) is 10.0. The van der Waals surface area contributed by atoms with Crippen LogP contribution in [0.4, 0.5) is 0 Å². The molecule has 2 rings (SSSR count). The summed E-state index contributed by atoms with van der Waals surface area (Å²) in [4.78, 5) is 19.1. The second-order valence-corrected chi connectivity index (χ2v) is 5.53. The van der Waals surface area contributed by atoms with Crippen molar-refractivity contribution in [1.82, 2.24) is 9.97 Å². The van der Waals surface area contributed by atoms with Crippen molar-refractivity contribution in [2.45, 2.75) is 4.34 Å². The van der Waals surface area contributed by atoms with Crippen LogP contribution in [0.2, 0.25) is 0 Å². The highest BCUT2D eigenvalue weighted by Crippen LogP contribution is 2.24. The quantitative estimate of drug-likeness (QED) is 0.604. The maximum absolute atomic E-state index is 11.7. The first-order chi connectivity index (χ1) is 7.70. The Labute approximate surface area is 98.7 Å². The van der Waals surface area contributed by atoms with E-state index in [-0.39, 0.29) is 5.75 Å². The average molecular weight is 256 g/mol. The highest BCUT2D eigenvalue weighted by atomic mass is 32.2. The molecule has 0 saturated carbocycles. The van der Waals surface area contributed by atoms with Gasteiger partial charge in [0.1, 0.15) is 0 Å². The number of hydrogen-bond acceptors (Lipinski definition) is 6. The number of rotatable bonds is 3. The number of aromatic nitrogens is 2. The Morgan fingerprint density at radius 2 is 2.50 bits per heavy atom. The summed E-state index contributed by atoms with van der Waals surface area (Å²) in [6.07, 6.45) is 1.62. The molecule has 2 aromatic heterocycles. The summed E-state index contributed by atoms with van der Waals surface area (Å²) in [5.41, 5.74) is 0.556. The van der Waals surface area contributed by atoms with Crippen LogP contribution in [0.25, 0.3) is 10.3 Å². The number of methoxy groups -OCH3 is 1. The van der Waals surface area contributed by atoms with Crippen LogP contribution in [0, 0.1) is 0 Å². The molecule has 0 aliphatic carbocycles. The normalized spacial score (nSPS) is 12.6. The number of carbonyl (C=O) groups excluding carboxylic acids is 1. The van der Waals surface area contributed by atoms with Gasteiger partial charge in [-0.1, -0.05) is 11.3 Å². The zero-order chi connectivity index (χ0) is 11.5. The molecule has 84 valence electrons. The number of nitrogens with zero attached hydrogens (tertiary/aromatic N) is 2. The predicted molar refractivity (Wildman–Crippen MR) is 60.7 cm³/mol. The molecular formula is C9H8N2O3S2. The van der Waals surface area contributed by atoms with Crippen molar-refractivity contribution >= 4 is 38.8 Å². The van der Waals surface area contributed by atoms with Crippen LogP contribution in [-0.4, -0.2) is 33.4 Å². The fourth-order valence-corrected chi connectivity index (χ4v) is 3.19. The van der Waals surface area contributed by atoms with Crippen molar-refractivity contribution in [3.8, 4) is 0 Å². The summed E-state index contributed by atoms with van der Waals surface area (Å²) in [6.45, 7) is 0. The second-order valence-electron chi connectivity index (χ2n) is 2.87. The standard InChI is InChI=1S/C9H8N2O3S2/c1-14-7(12)5-16(13)9-11-8-6(15-9)3-2-4-10-8/h2-4H,5H2,1H3.